The predicted molar refractivity (Wildman–Crippen MR) is 301 cm³/mol. The topological polar surface area (TPSA) is 13.0 Å². The summed E-state index contributed by atoms with van der Waals surface area (Å²) in [6, 6.07) is 27.0. The third-order valence-corrected chi connectivity index (χ3v) is 11.7. The second-order valence-electron chi connectivity index (χ2n) is 20.3. The molecule has 17 heteroatoms. The van der Waals surface area contributed by atoms with Crippen LogP contribution in [0.1, 0.15) is 216 Å². The van der Waals surface area contributed by atoms with E-state index in [1.807, 2.05) is 0 Å². The third kappa shape index (κ3) is 26.4. The van der Waals surface area contributed by atoms with E-state index in [4.69, 9.17) is 0 Å². The molecule has 4 aromatic carbocycles. The van der Waals surface area contributed by atoms with E-state index in [0.29, 0.717) is 47.3 Å². The Labute approximate surface area is 506 Å². The van der Waals surface area contributed by atoms with Gasteiger partial charge >= 0.3 is 62.8 Å². The fourth-order valence-corrected chi connectivity index (χ4v) is 8.48. The van der Waals surface area contributed by atoms with Crippen molar-refractivity contribution in [1.29, 1.82) is 0 Å². The zero-order valence-corrected chi connectivity index (χ0v) is 55.4. The van der Waals surface area contributed by atoms with Crippen LogP contribution in [-0.4, -0.2) is 6.18 Å². The molecule has 0 fully saturated rings. The van der Waals surface area contributed by atoms with Gasteiger partial charge in [-0.25, -0.2) is 0 Å². The first-order valence-electron chi connectivity index (χ1n) is 24.9. The molecule has 2 aliphatic rings. The van der Waals surface area contributed by atoms with Gasteiger partial charge in [0.05, 0.1) is 0 Å². The van der Waals surface area contributed by atoms with Gasteiger partial charge in [0.2, 0.25) is 0 Å². The van der Waals surface area contributed by atoms with Gasteiger partial charge in [0, 0.05) is 52.1 Å². The molecule has 451 valence electrons. The van der Waals surface area contributed by atoms with Crippen molar-refractivity contribution < 1.29 is 101 Å². The van der Waals surface area contributed by atoms with Crippen LogP contribution in [0.4, 0.5) is 60.9 Å². The van der Waals surface area contributed by atoms with Crippen LogP contribution in [0, 0.1) is 33.9 Å². The molecular formula is C60H83AgAu2BrF9N4-5. The molecule has 6 rings (SSSR count). The van der Waals surface area contributed by atoms with Crippen molar-refractivity contribution in [2.24, 2.45) is 0 Å². The second-order valence-corrected chi connectivity index (χ2v) is 20.3. The molecule has 2 heterocycles. The summed E-state index contributed by atoms with van der Waals surface area (Å²) in [5.41, 5.74) is 16.6. The molecule has 4 aromatic rings. The number of para-hydroxylation sites is 4. The van der Waals surface area contributed by atoms with E-state index in [2.05, 4.69) is 273 Å². The van der Waals surface area contributed by atoms with Crippen molar-refractivity contribution in [3.8, 4) is 0 Å². The number of anilines is 4. The number of rotatable bonds is 12. The van der Waals surface area contributed by atoms with E-state index < -0.39 is 19.3 Å². The van der Waals surface area contributed by atoms with Crippen LogP contribution in [0.3, 0.4) is 0 Å². The normalized spacial score (nSPS) is 12.7. The molecule has 77 heavy (non-hydrogen) atoms. The molecule has 2 aliphatic heterocycles. The van der Waals surface area contributed by atoms with Crippen molar-refractivity contribution >= 4 is 35.8 Å². The van der Waals surface area contributed by atoms with Crippen LogP contribution in [0.2, 0.25) is 0 Å². The zero-order valence-electron chi connectivity index (χ0n) is 48.0. The molecule has 0 spiro atoms. The maximum atomic E-state index is 10.4. The van der Waals surface area contributed by atoms with Crippen LogP contribution in [0.25, 0.3) is 0 Å². The Kier molecular flexibility index (Phi) is 40.1. The van der Waals surface area contributed by atoms with Crippen LogP contribution in [0.15, 0.2) is 97.6 Å². The van der Waals surface area contributed by atoms with Gasteiger partial charge < -0.3 is 49.0 Å². The monoisotopic (exact) mass is 1610 g/mol. The fraction of sp³-hybridized carbons (Fsp3) is 0.450. The van der Waals surface area contributed by atoms with Crippen LogP contribution < -0.4 is 19.6 Å². The summed E-state index contributed by atoms with van der Waals surface area (Å²) in [5, 5.41) is 0. The summed E-state index contributed by atoms with van der Waals surface area (Å²) in [7, 11) is 0. The second kappa shape index (κ2) is 39.1. The van der Waals surface area contributed by atoms with Crippen LogP contribution in [-0.2, 0) is 62.9 Å². The molecule has 4 nitrogen and oxygen atoms in total. The third-order valence-electron chi connectivity index (χ3n) is 11.7. The Hall–Kier alpha value is -2.37. The van der Waals surface area contributed by atoms with Gasteiger partial charge in [-0.1, -0.05) is 184 Å². The minimum absolute atomic E-state index is 0. The van der Waals surface area contributed by atoms with E-state index in [9.17, 15) is 38.1 Å². The number of alkyl halides is 3. The molecule has 0 atom stereocenters. The van der Waals surface area contributed by atoms with E-state index in [0.717, 1.165) is 6.92 Å². The first kappa shape index (κ1) is 78.9. The average Bonchev–Trinajstić information content (AvgIpc) is 4.02. The standard InChI is InChI=1S/2C27H37N2.C2H3F3.C2H3F2.CF3.CH3.Ag.2Au.BrH.FH/c2*1-18(2)22-11-9-12-23(19(3)4)26(22)28-15-16-29(17-28)27-24(20(5)6)13-10-14-25(27)21(7)8;1-2(3,4)5;1-2(3)4;2-1(3)4;;;;;;/h2*9-21H,1-8H3;1H3;1H3;;1H3;;;;2*1H/q2*-1;;3*-1;+1;;+1;;/p-2. The average molecular weight is 1610 g/mol. The molecule has 0 N–H and O–H groups in total. The van der Waals surface area contributed by atoms with E-state index in [1.54, 1.807) is 0 Å². The Balaban J connectivity index is -0.00000108. The van der Waals surface area contributed by atoms with E-state index in [-0.39, 0.29) is 36.7 Å². The van der Waals surface area contributed by atoms with Gasteiger partial charge in [-0.05, 0) is 123 Å². The summed E-state index contributed by atoms with van der Waals surface area (Å²) < 4.78 is 89.6. The number of benzene rings is 4. The Morgan fingerprint density at radius 3 is 0.610 bits per heavy atom. The maximum absolute atomic E-state index is 10.4. The van der Waals surface area contributed by atoms with Gasteiger partial charge in [0.25, 0.3) is 0 Å². The van der Waals surface area contributed by atoms with Crippen molar-refractivity contribution in [1.82, 2.24) is 0 Å². The molecule has 0 unspecified atom stereocenters. The van der Waals surface area contributed by atoms with Gasteiger partial charge in [0.15, 0.2) is 6.68 Å². The summed E-state index contributed by atoms with van der Waals surface area (Å²) in [6.07, 6.45) is 3.28. The quantitative estimate of drug-likeness (QED) is 0.0796. The molecule has 0 saturated heterocycles. The van der Waals surface area contributed by atoms with Crippen LogP contribution in [0.5, 0.6) is 0 Å². The van der Waals surface area contributed by atoms with Gasteiger partial charge in [-0.2, -0.15) is 13.2 Å². The number of nitrogens with zero attached hydrogens (tertiary/aromatic N) is 4. The first-order chi connectivity index (χ1) is 34.9. The summed E-state index contributed by atoms with van der Waals surface area (Å²) in [6.45, 7) is 38.9. The number of hydrogen-bond acceptors (Lipinski definition) is 4. The molecular weight excluding hydrogens is 1530 g/mol. The number of hydrogen-bond donors (Lipinski definition) is 0. The molecule has 0 saturated carbocycles. The molecule has 1 radical (unpaired) electrons. The van der Waals surface area contributed by atoms with Crippen molar-refractivity contribution in [3.63, 3.8) is 0 Å². The van der Waals surface area contributed by atoms with Crippen LogP contribution >= 0.6 is 13.0 Å². The van der Waals surface area contributed by atoms with Gasteiger partial charge in [-0.3, -0.25) is 0 Å². The van der Waals surface area contributed by atoms with Crippen molar-refractivity contribution in [2.75, 3.05) is 19.6 Å². The van der Waals surface area contributed by atoms with E-state index >= 15 is 0 Å². The fourth-order valence-electron chi connectivity index (χ4n) is 8.48. The minimum atomic E-state index is -4.00. The molecule has 0 bridgehead atoms. The SMILES string of the molecule is CC(C)c1cccc(C(C)C)c1N1C=CN(c2c(C(C)C)cccc2C(C)C)[CH-]1.CC(C)c1cccc(C(C)C)c1N1C=CN(c2c(C(C)C)cccc2C(C)C)[CH-]1.CC(F)(F)F.C[C-](F)F.F[C-](F)F.[Au].[Br][Au].[CH3-].[F][Ag]. The summed E-state index contributed by atoms with van der Waals surface area (Å²) in [5.74, 6) is 3.84. The molecule has 0 aromatic heterocycles. The summed E-state index contributed by atoms with van der Waals surface area (Å²) >= 11 is 6.42. The Morgan fingerprint density at radius 2 is 0.519 bits per heavy atom. The summed E-state index contributed by atoms with van der Waals surface area (Å²) in [4.78, 5) is 9.30. The van der Waals surface area contributed by atoms with E-state index in [1.165, 1.54) is 88.9 Å². The van der Waals surface area contributed by atoms with Crippen molar-refractivity contribution in [2.45, 2.75) is 178 Å². The Bertz CT molecular complexity index is 1890. The molecule has 0 amide bonds. The zero-order chi connectivity index (χ0) is 58.2. The van der Waals surface area contributed by atoms with Crippen molar-refractivity contribution in [3.05, 3.63) is 176 Å². The predicted octanol–water partition coefficient (Wildman–Crippen LogP) is 22.2. The first-order valence-corrected chi connectivity index (χ1v) is 30.2. The Morgan fingerprint density at radius 1 is 0.416 bits per heavy atom. The van der Waals surface area contributed by atoms with Gasteiger partial charge in [-0.15, -0.1) is 20.3 Å². The molecule has 0 aliphatic carbocycles. The van der Waals surface area contributed by atoms with Gasteiger partial charge in [0.1, 0.15) is 0 Å². The number of halogens is 10.